The predicted octanol–water partition coefficient (Wildman–Crippen LogP) is 1.11. The Labute approximate surface area is 146 Å². The van der Waals surface area contributed by atoms with Gasteiger partial charge in [0.1, 0.15) is 6.61 Å². The summed E-state index contributed by atoms with van der Waals surface area (Å²) >= 11 is 0. The first-order chi connectivity index (χ1) is 12.0. The number of nitrogens with zero attached hydrogens (tertiary/aromatic N) is 4. The minimum absolute atomic E-state index is 0.0431. The predicted molar refractivity (Wildman–Crippen MR) is 92.6 cm³/mol. The van der Waals surface area contributed by atoms with Gasteiger partial charge < -0.3 is 14.5 Å². The van der Waals surface area contributed by atoms with Crippen molar-refractivity contribution in [1.82, 2.24) is 19.6 Å². The quantitative estimate of drug-likeness (QED) is 0.816. The normalized spacial score (nSPS) is 14.3. The number of benzene rings is 1. The molecule has 1 aromatic heterocycles. The number of hydrogen-bond donors (Lipinski definition) is 0. The molecular weight excluding hydrogens is 320 g/mol. The molecule has 7 nitrogen and oxygen atoms in total. The second-order valence-electron chi connectivity index (χ2n) is 6.35. The maximum Gasteiger partial charge on any atom is 0.274 e. The molecule has 1 aromatic carbocycles. The summed E-state index contributed by atoms with van der Waals surface area (Å²) in [6.07, 6.45) is -0.0924. The fraction of sp³-hybridized carbons (Fsp3) is 0.389. The molecule has 0 radical (unpaired) electrons. The number of rotatable bonds is 5. The van der Waals surface area contributed by atoms with Crippen LogP contribution in [0.4, 0.5) is 0 Å². The second kappa shape index (κ2) is 7.06. The third-order valence-corrected chi connectivity index (χ3v) is 4.18. The molecule has 0 saturated carbocycles. The van der Waals surface area contributed by atoms with Gasteiger partial charge in [-0.1, -0.05) is 18.2 Å². The third kappa shape index (κ3) is 3.71. The Morgan fingerprint density at radius 3 is 2.56 bits per heavy atom. The summed E-state index contributed by atoms with van der Waals surface area (Å²) in [5.74, 6) is -0.196. The Balaban J connectivity index is 1.58. The summed E-state index contributed by atoms with van der Waals surface area (Å²) in [4.78, 5) is 27.2. The van der Waals surface area contributed by atoms with Crippen molar-refractivity contribution in [2.75, 3.05) is 33.8 Å². The van der Waals surface area contributed by atoms with E-state index in [1.807, 2.05) is 37.3 Å². The Bertz CT molecular complexity index is 764. The van der Waals surface area contributed by atoms with E-state index in [4.69, 9.17) is 4.74 Å². The summed E-state index contributed by atoms with van der Waals surface area (Å²) in [7, 11) is 3.38. The lowest BCUT2D eigenvalue weighted by Gasteiger charge is -2.38. The Kier molecular flexibility index (Phi) is 4.85. The maximum atomic E-state index is 12.5. The molecule has 1 saturated heterocycles. The van der Waals surface area contributed by atoms with Gasteiger partial charge in [0.25, 0.3) is 5.91 Å². The standard InChI is InChI=1S/C18H22N4O3/c1-13-9-16(19-22(13)14-7-5-4-6-8-14)18(24)21-10-15(11-21)25-12-17(23)20(2)3/h4-9,15H,10-12H2,1-3H3. The van der Waals surface area contributed by atoms with Crippen LogP contribution in [0.2, 0.25) is 0 Å². The number of hydrogen-bond acceptors (Lipinski definition) is 4. The van der Waals surface area contributed by atoms with Crippen LogP contribution in [0.25, 0.3) is 5.69 Å². The van der Waals surface area contributed by atoms with Gasteiger partial charge in [-0.3, -0.25) is 9.59 Å². The van der Waals surface area contributed by atoms with E-state index >= 15 is 0 Å². The van der Waals surface area contributed by atoms with Gasteiger partial charge in [-0.05, 0) is 25.1 Å². The van der Waals surface area contributed by atoms with Crippen LogP contribution in [0.15, 0.2) is 36.4 Å². The van der Waals surface area contributed by atoms with Gasteiger partial charge in [-0.25, -0.2) is 4.68 Å². The lowest BCUT2D eigenvalue weighted by Crippen LogP contribution is -2.55. The van der Waals surface area contributed by atoms with E-state index in [0.29, 0.717) is 18.8 Å². The van der Waals surface area contributed by atoms with Crippen molar-refractivity contribution in [1.29, 1.82) is 0 Å². The molecule has 25 heavy (non-hydrogen) atoms. The van der Waals surface area contributed by atoms with Crippen LogP contribution < -0.4 is 0 Å². The van der Waals surface area contributed by atoms with Crippen LogP contribution in [0.5, 0.6) is 0 Å². The van der Waals surface area contributed by atoms with Crippen molar-refractivity contribution in [2.24, 2.45) is 0 Å². The summed E-state index contributed by atoms with van der Waals surface area (Å²) in [6, 6.07) is 11.5. The van der Waals surface area contributed by atoms with Crippen LogP contribution in [0.3, 0.4) is 0 Å². The first-order valence-corrected chi connectivity index (χ1v) is 8.19. The van der Waals surface area contributed by atoms with E-state index < -0.39 is 0 Å². The lowest BCUT2D eigenvalue weighted by atomic mass is 10.1. The average molecular weight is 342 g/mol. The summed E-state index contributed by atoms with van der Waals surface area (Å²) in [5.41, 5.74) is 2.25. The number of likely N-dealkylation sites (N-methyl/N-ethyl adjacent to an activating group) is 1. The molecule has 0 spiro atoms. The van der Waals surface area contributed by atoms with Gasteiger partial charge in [0.05, 0.1) is 11.8 Å². The number of aryl methyl sites for hydroxylation is 1. The highest BCUT2D eigenvalue weighted by molar-refractivity contribution is 5.93. The van der Waals surface area contributed by atoms with Crippen LogP contribution in [0, 0.1) is 6.92 Å². The number of amides is 2. The van der Waals surface area contributed by atoms with E-state index in [1.54, 1.807) is 29.7 Å². The Morgan fingerprint density at radius 2 is 1.92 bits per heavy atom. The molecule has 1 aliphatic rings. The fourth-order valence-electron chi connectivity index (χ4n) is 2.60. The number of carbonyl (C=O) groups is 2. The van der Waals surface area contributed by atoms with Crippen LogP contribution >= 0.6 is 0 Å². The average Bonchev–Trinajstić information content (AvgIpc) is 2.95. The van der Waals surface area contributed by atoms with Gasteiger partial charge in [-0.15, -0.1) is 0 Å². The molecule has 132 valence electrons. The minimum atomic E-state index is -0.114. The molecule has 7 heteroatoms. The zero-order valence-corrected chi connectivity index (χ0v) is 14.7. The highest BCUT2D eigenvalue weighted by Gasteiger charge is 2.33. The molecule has 0 N–H and O–H groups in total. The van der Waals surface area contributed by atoms with Gasteiger partial charge in [0.2, 0.25) is 5.91 Å². The van der Waals surface area contributed by atoms with Gasteiger partial charge in [-0.2, -0.15) is 5.10 Å². The molecule has 3 rings (SSSR count). The molecule has 0 unspecified atom stereocenters. The fourth-order valence-corrected chi connectivity index (χ4v) is 2.60. The van der Waals surface area contributed by atoms with Gasteiger partial charge in [0, 0.05) is 32.9 Å². The highest BCUT2D eigenvalue weighted by Crippen LogP contribution is 2.18. The van der Waals surface area contributed by atoms with E-state index in [0.717, 1.165) is 11.4 Å². The van der Waals surface area contributed by atoms with E-state index in [9.17, 15) is 9.59 Å². The monoisotopic (exact) mass is 342 g/mol. The first kappa shape index (κ1) is 17.2. The number of aromatic nitrogens is 2. The van der Waals surface area contributed by atoms with Crippen molar-refractivity contribution < 1.29 is 14.3 Å². The van der Waals surface area contributed by atoms with Crippen molar-refractivity contribution >= 4 is 11.8 Å². The van der Waals surface area contributed by atoms with Gasteiger partial charge in [0.15, 0.2) is 5.69 Å². The van der Waals surface area contributed by atoms with E-state index in [-0.39, 0.29) is 24.5 Å². The largest absolute Gasteiger partial charge is 0.365 e. The first-order valence-electron chi connectivity index (χ1n) is 8.19. The number of para-hydroxylation sites is 1. The van der Waals surface area contributed by atoms with E-state index in [2.05, 4.69) is 5.10 Å². The van der Waals surface area contributed by atoms with Crippen molar-refractivity contribution in [2.45, 2.75) is 13.0 Å². The topological polar surface area (TPSA) is 67.7 Å². The molecule has 0 aliphatic carbocycles. The number of likely N-dealkylation sites (tertiary alicyclic amines) is 1. The molecule has 2 heterocycles. The lowest BCUT2D eigenvalue weighted by molar-refractivity contribution is -0.138. The molecule has 0 atom stereocenters. The zero-order valence-electron chi connectivity index (χ0n) is 14.7. The number of ether oxygens (including phenoxy) is 1. The van der Waals surface area contributed by atoms with Crippen LogP contribution in [-0.4, -0.2) is 71.3 Å². The summed E-state index contributed by atoms with van der Waals surface area (Å²) in [5, 5.41) is 4.43. The third-order valence-electron chi connectivity index (χ3n) is 4.18. The molecule has 2 aromatic rings. The summed E-state index contributed by atoms with van der Waals surface area (Å²) in [6.45, 7) is 2.93. The Hall–Kier alpha value is -2.67. The SMILES string of the molecule is Cc1cc(C(=O)N2CC(OCC(=O)N(C)C)C2)nn1-c1ccccc1. The smallest absolute Gasteiger partial charge is 0.274 e. The van der Waals surface area contributed by atoms with E-state index in [1.165, 1.54) is 4.90 Å². The minimum Gasteiger partial charge on any atom is -0.365 e. The molecule has 1 fully saturated rings. The van der Waals surface area contributed by atoms with Crippen molar-refractivity contribution in [3.63, 3.8) is 0 Å². The van der Waals surface area contributed by atoms with Crippen molar-refractivity contribution in [3.8, 4) is 5.69 Å². The van der Waals surface area contributed by atoms with Crippen LogP contribution in [0.1, 0.15) is 16.2 Å². The maximum absolute atomic E-state index is 12.5. The molecule has 0 bridgehead atoms. The number of carbonyl (C=O) groups excluding carboxylic acids is 2. The molecule has 2 amide bonds. The van der Waals surface area contributed by atoms with Crippen LogP contribution in [-0.2, 0) is 9.53 Å². The van der Waals surface area contributed by atoms with Gasteiger partial charge >= 0.3 is 0 Å². The Morgan fingerprint density at radius 1 is 1.24 bits per heavy atom. The summed E-state index contributed by atoms with van der Waals surface area (Å²) < 4.78 is 7.27. The molecular formula is C18H22N4O3. The molecule has 1 aliphatic heterocycles. The second-order valence-corrected chi connectivity index (χ2v) is 6.35. The zero-order chi connectivity index (χ0) is 18.0. The van der Waals surface area contributed by atoms with Crippen molar-refractivity contribution in [3.05, 3.63) is 47.8 Å². The highest BCUT2D eigenvalue weighted by atomic mass is 16.5.